The van der Waals surface area contributed by atoms with E-state index in [1.165, 1.54) is 0 Å². The van der Waals surface area contributed by atoms with Gasteiger partial charge in [-0.3, -0.25) is 4.55 Å². The summed E-state index contributed by atoms with van der Waals surface area (Å²) in [5.41, 5.74) is -2.43. The SMILES string of the molecule is CCCCCCOc1c(F)c(F)c(S(=O)(=O)O)c(F)c1C(F)(F)F. The highest BCUT2D eigenvalue weighted by Gasteiger charge is 2.45. The van der Waals surface area contributed by atoms with Crippen LogP contribution in [0, 0.1) is 17.5 Å². The van der Waals surface area contributed by atoms with E-state index in [-0.39, 0.29) is 6.42 Å². The summed E-state index contributed by atoms with van der Waals surface area (Å²) in [7, 11) is -5.76. The highest BCUT2D eigenvalue weighted by atomic mass is 32.2. The summed E-state index contributed by atoms with van der Waals surface area (Å²) >= 11 is 0. The van der Waals surface area contributed by atoms with Gasteiger partial charge in [0.15, 0.2) is 22.3 Å². The van der Waals surface area contributed by atoms with E-state index in [2.05, 4.69) is 4.74 Å². The third-order valence-corrected chi connectivity index (χ3v) is 3.90. The molecule has 0 spiro atoms. The number of hydrogen-bond acceptors (Lipinski definition) is 3. The van der Waals surface area contributed by atoms with Crippen molar-refractivity contribution in [1.29, 1.82) is 0 Å². The maximum atomic E-state index is 13.8. The molecule has 0 amide bonds. The van der Waals surface area contributed by atoms with Crippen LogP contribution in [0.4, 0.5) is 26.3 Å². The van der Waals surface area contributed by atoms with Crippen LogP contribution in [0.3, 0.4) is 0 Å². The zero-order valence-corrected chi connectivity index (χ0v) is 13.2. The molecule has 1 aromatic carbocycles. The van der Waals surface area contributed by atoms with Gasteiger partial charge in [-0.05, 0) is 6.42 Å². The fourth-order valence-corrected chi connectivity index (χ4v) is 2.58. The van der Waals surface area contributed by atoms with Gasteiger partial charge >= 0.3 is 16.3 Å². The normalized spacial score (nSPS) is 12.5. The monoisotopic (exact) mass is 380 g/mol. The summed E-state index contributed by atoms with van der Waals surface area (Å²) in [6, 6.07) is 0. The second-order valence-corrected chi connectivity index (χ2v) is 6.22. The number of rotatable bonds is 7. The van der Waals surface area contributed by atoms with Gasteiger partial charge in [0, 0.05) is 0 Å². The van der Waals surface area contributed by atoms with E-state index in [1.807, 2.05) is 6.92 Å². The zero-order valence-electron chi connectivity index (χ0n) is 12.4. The van der Waals surface area contributed by atoms with Gasteiger partial charge in [-0.15, -0.1) is 0 Å². The molecule has 0 saturated carbocycles. The van der Waals surface area contributed by atoms with Crippen LogP contribution in [0.2, 0.25) is 0 Å². The molecule has 138 valence electrons. The van der Waals surface area contributed by atoms with E-state index in [9.17, 15) is 34.8 Å². The number of ether oxygens (including phenoxy) is 1. The fourth-order valence-electron chi connectivity index (χ4n) is 1.94. The Balaban J connectivity index is 3.43. The molecule has 0 aromatic heterocycles. The highest BCUT2D eigenvalue weighted by molar-refractivity contribution is 7.85. The van der Waals surface area contributed by atoms with E-state index in [0.717, 1.165) is 12.8 Å². The van der Waals surface area contributed by atoms with Gasteiger partial charge in [0.25, 0.3) is 0 Å². The Hall–Kier alpha value is -1.49. The molecule has 0 radical (unpaired) electrons. The third kappa shape index (κ3) is 4.53. The highest BCUT2D eigenvalue weighted by Crippen LogP contribution is 2.43. The van der Waals surface area contributed by atoms with Crippen molar-refractivity contribution in [2.45, 2.75) is 43.7 Å². The Morgan fingerprint density at radius 1 is 1.00 bits per heavy atom. The van der Waals surface area contributed by atoms with Crippen LogP contribution in [0.5, 0.6) is 5.75 Å². The van der Waals surface area contributed by atoms with Crippen molar-refractivity contribution in [1.82, 2.24) is 0 Å². The first-order valence-corrected chi connectivity index (χ1v) is 8.24. The van der Waals surface area contributed by atoms with Crippen LogP contribution in [-0.2, 0) is 16.3 Å². The molecule has 24 heavy (non-hydrogen) atoms. The van der Waals surface area contributed by atoms with Gasteiger partial charge in [0.05, 0.1) is 6.61 Å². The number of unbranched alkanes of at least 4 members (excludes halogenated alkanes) is 3. The quantitative estimate of drug-likeness (QED) is 0.331. The first-order valence-electron chi connectivity index (χ1n) is 6.80. The second kappa shape index (κ2) is 7.60. The third-order valence-electron chi connectivity index (χ3n) is 3.02. The summed E-state index contributed by atoms with van der Waals surface area (Å²) < 4.78 is 115. The van der Waals surface area contributed by atoms with Crippen LogP contribution in [0.15, 0.2) is 4.90 Å². The lowest BCUT2D eigenvalue weighted by molar-refractivity contribution is -0.142. The molecule has 1 aromatic rings. The van der Waals surface area contributed by atoms with Gasteiger partial charge < -0.3 is 4.74 Å². The second-order valence-electron chi connectivity index (χ2n) is 4.86. The molecule has 1 N–H and O–H groups in total. The zero-order chi connectivity index (χ0) is 18.7. The van der Waals surface area contributed by atoms with Gasteiger partial charge in [0.2, 0.25) is 5.82 Å². The summed E-state index contributed by atoms with van der Waals surface area (Å²) in [4.78, 5) is -2.41. The molecule has 0 atom stereocenters. The minimum absolute atomic E-state index is 0.202. The maximum absolute atomic E-state index is 13.8. The van der Waals surface area contributed by atoms with Gasteiger partial charge in [0.1, 0.15) is 5.56 Å². The van der Waals surface area contributed by atoms with Crippen molar-refractivity contribution in [2.75, 3.05) is 6.61 Å². The van der Waals surface area contributed by atoms with Crippen molar-refractivity contribution in [3.05, 3.63) is 23.0 Å². The fraction of sp³-hybridized carbons (Fsp3) is 0.538. The summed E-state index contributed by atoms with van der Waals surface area (Å²) in [6.45, 7) is 1.41. The summed E-state index contributed by atoms with van der Waals surface area (Å²) in [5.74, 6) is -9.26. The number of benzene rings is 1. The predicted molar refractivity (Wildman–Crippen MR) is 70.8 cm³/mol. The number of halogens is 6. The average Bonchev–Trinajstić information content (AvgIpc) is 2.40. The van der Waals surface area contributed by atoms with Gasteiger partial charge in [-0.2, -0.15) is 26.0 Å². The lowest BCUT2D eigenvalue weighted by atomic mass is 10.1. The van der Waals surface area contributed by atoms with Crippen molar-refractivity contribution in [3.8, 4) is 5.75 Å². The van der Waals surface area contributed by atoms with E-state index in [1.54, 1.807) is 0 Å². The summed E-state index contributed by atoms with van der Waals surface area (Å²) in [6.07, 6.45) is -3.31. The molecule has 4 nitrogen and oxygen atoms in total. The first-order chi connectivity index (χ1) is 10.9. The van der Waals surface area contributed by atoms with E-state index < -0.39 is 56.6 Å². The molecule has 0 aliphatic rings. The molecule has 0 aliphatic carbocycles. The van der Waals surface area contributed by atoms with Gasteiger partial charge in [-0.1, -0.05) is 26.2 Å². The van der Waals surface area contributed by atoms with Crippen molar-refractivity contribution >= 4 is 10.1 Å². The predicted octanol–water partition coefficient (Wildman–Crippen LogP) is 4.33. The topological polar surface area (TPSA) is 63.6 Å². The summed E-state index contributed by atoms with van der Waals surface area (Å²) in [5, 5.41) is 0. The lowest BCUT2D eigenvalue weighted by Crippen LogP contribution is -2.19. The Kier molecular flexibility index (Phi) is 6.51. The first kappa shape index (κ1) is 20.6. The number of alkyl halides is 3. The molecule has 11 heteroatoms. The Morgan fingerprint density at radius 2 is 1.58 bits per heavy atom. The van der Waals surface area contributed by atoms with Crippen LogP contribution in [0.25, 0.3) is 0 Å². The smallest absolute Gasteiger partial charge is 0.422 e. The van der Waals surface area contributed by atoms with Crippen LogP contribution < -0.4 is 4.74 Å². The van der Waals surface area contributed by atoms with Gasteiger partial charge in [-0.25, -0.2) is 8.78 Å². The molecule has 0 saturated heterocycles. The Bertz CT molecular complexity index is 700. The number of hydrogen-bond donors (Lipinski definition) is 1. The van der Waals surface area contributed by atoms with Crippen molar-refractivity contribution in [3.63, 3.8) is 0 Å². The largest absolute Gasteiger partial charge is 0.490 e. The van der Waals surface area contributed by atoms with E-state index >= 15 is 0 Å². The Labute approximate surface area is 134 Å². The molecule has 0 bridgehead atoms. The van der Waals surface area contributed by atoms with E-state index in [0.29, 0.717) is 6.42 Å². The minimum Gasteiger partial charge on any atom is -0.490 e. The van der Waals surface area contributed by atoms with Crippen LogP contribution in [-0.4, -0.2) is 19.6 Å². The standard InChI is InChI=1S/C13H14F6O4S/c1-2-3-4-5-6-23-11-7(13(17,18)19)8(14)12(24(20,21)22)10(16)9(11)15/h2-6H2,1H3,(H,20,21,22). The molecule has 0 unspecified atom stereocenters. The van der Waals surface area contributed by atoms with Crippen LogP contribution >= 0.6 is 0 Å². The van der Waals surface area contributed by atoms with Crippen LogP contribution in [0.1, 0.15) is 38.2 Å². The molecule has 1 rings (SSSR count). The Morgan fingerprint density at radius 3 is 2.04 bits per heavy atom. The molecular weight excluding hydrogens is 366 g/mol. The molecule has 0 aliphatic heterocycles. The lowest BCUT2D eigenvalue weighted by Gasteiger charge is -2.17. The van der Waals surface area contributed by atoms with Crippen molar-refractivity contribution < 1.29 is 44.0 Å². The average molecular weight is 380 g/mol. The minimum atomic E-state index is -5.76. The maximum Gasteiger partial charge on any atom is 0.422 e. The van der Waals surface area contributed by atoms with E-state index in [4.69, 9.17) is 4.55 Å². The molecule has 0 heterocycles. The van der Waals surface area contributed by atoms with Crippen molar-refractivity contribution in [2.24, 2.45) is 0 Å². The molecule has 0 fully saturated rings. The molecular formula is C13H14F6O4S.